The second-order valence-electron chi connectivity index (χ2n) is 5.21. The van der Waals surface area contributed by atoms with E-state index in [0.717, 1.165) is 28.4 Å². The molecule has 1 heterocycles. The molecular weight excluding hydrogens is 334 g/mol. The van der Waals surface area contributed by atoms with E-state index in [-0.39, 0.29) is 12.7 Å². The van der Waals surface area contributed by atoms with Gasteiger partial charge in [0.1, 0.15) is 0 Å². The van der Waals surface area contributed by atoms with Crippen LogP contribution in [0.25, 0.3) is 0 Å². The summed E-state index contributed by atoms with van der Waals surface area (Å²) in [7, 11) is 0. The third-order valence-corrected chi connectivity index (χ3v) is 4.65. The van der Waals surface area contributed by atoms with Crippen molar-refractivity contribution in [3.63, 3.8) is 0 Å². The number of rotatable bonds is 5. The second kappa shape index (κ2) is 7.15. The minimum absolute atomic E-state index is 0.0681. The van der Waals surface area contributed by atoms with E-state index in [4.69, 9.17) is 21.1 Å². The van der Waals surface area contributed by atoms with Crippen LogP contribution in [0.3, 0.4) is 0 Å². The molecule has 0 radical (unpaired) electrons. The van der Waals surface area contributed by atoms with Crippen LogP contribution >= 0.6 is 23.4 Å². The van der Waals surface area contributed by atoms with Crippen LogP contribution in [-0.2, 0) is 10.5 Å². The van der Waals surface area contributed by atoms with Crippen molar-refractivity contribution in [2.75, 3.05) is 17.9 Å². The number of aryl methyl sites for hydroxylation is 1. The van der Waals surface area contributed by atoms with Gasteiger partial charge in [-0.05, 0) is 42.3 Å². The Bertz CT molecular complexity index is 736. The topological polar surface area (TPSA) is 47.6 Å². The summed E-state index contributed by atoms with van der Waals surface area (Å²) in [6.45, 7) is 2.23. The average molecular weight is 350 g/mol. The highest BCUT2D eigenvalue weighted by atomic mass is 35.5. The van der Waals surface area contributed by atoms with Gasteiger partial charge in [0, 0.05) is 5.75 Å². The van der Waals surface area contributed by atoms with Crippen LogP contribution in [0.15, 0.2) is 36.4 Å². The molecular formula is C17H16ClNO3S. The van der Waals surface area contributed by atoms with Crippen LogP contribution in [0.5, 0.6) is 11.5 Å². The van der Waals surface area contributed by atoms with Gasteiger partial charge in [-0.3, -0.25) is 4.79 Å². The van der Waals surface area contributed by atoms with Crippen molar-refractivity contribution >= 4 is 35.0 Å². The van der Waals surface area contributed by atoms with Crippen LogP contribution in [-0.4, -0.2) is 18.5 Å². The molecule has 4 nitrogen and oxygen atoms in total. The highest BCUT2D eigenvalue weighted by molar-refractivity contribution is 7.99. The van der Waals surface area contributed by atoms with Gasteiger partial charge >= 0.3 is 0 Å². The summed E-state index contributed by atoms with van der Waals surface area (Å²) < 4.78 is 10.6. The zero-order chi connectivity index (χ0) is 16.2. The first kappa shape index (κ1) is 16.0. The molecule has 120 valence electrons. The Hall–Kier alpha value is -1.85. The first-order chi connectivity index (χ1) is 11.1. The number of thioether (sulfide) groups is 1. The maximum Gasteiger partial charge on any atom is 0.234 e. The number of anilines is 1. The summed E-state index contributed by atoms with van der Waals surface area (Å²) in [5.41, 5.74) is 2.80. The van der Waals surface area contributed by atoms with Gasteiger partial charge in [0.25, 0.3) is 0 Å². The molecule has 0 atom stereocenters. The van der Waals surface area contributed by atoms with Gasteiger partial charge in [-0.25, -0.2) is 0 Å². The first-order valence-electron chi connectivity index (χ1n) is 7.14. The Balaban J connectivity index is 1.49. The van der Waals surface area contributed by atoms with Crippen molar-refractivity contribution in [2.45, 2.75) is 12.7 Å². The molecule has 0 saturated carbocycles. The standard InChI is InChI=1S/C17H16ClNO3S/c1-11-2-4-14(13(18)6-11)19-17(20)9-23-8-12-3-5-15-16(7-12)22-10-21-15/h2-7H,8-10H2,1H3,(H,19,20). The van der Waals surface area contributed by atoms with E-state index in [9.17, 15) is 4.79 Å². The Kier molecular flexibility index (Phi) is 4.98. The number of ether oxygens (including phenoxy) is 2. The molecule has 0 aromatic heterocycles. The van der Waals surface area contributed by atoms with Crippen molar-refractivity contribution in [3.8, 4) is 11.5 Å². The van der Waals surface area contributed by atoms with E-state index < -0.39 is 0 Å². The number of halogens is 1. The molecule has 23 heavy (non-hydrogen) atoms. The number of carbonyl (C=O) groups is 1. The quantitative estimate of drug-likeness (QED) is 0.876. The minimum Gasteiger partial charge on any atom is -0.454 e. The third-order valence-electron chi connectivity index (χ3n) is 3.34. The molecule has 2 aromatic carbocycles. The summed E-state index contributed by atoms with van der Waals surface area (Å²) >= 11 is 7.65. The molecule has 1 N–H and O–H groups in total. The lowest BCUT2D eigenvalue weighted by Crippen LogP contribution is -2.14. The number of fused-ring (bicyclic) bond motifs is 1. The molecule has 0 fully saturated rings. The van der Waals surface area contributed by atoms with Gasteiger partial charge in [0.2, 0.25) is 12.7 Å². The summed E-state index contributed by atoms with van der Waals surface area (Å²) in [6.07, 6.45) is 0. The molecule has 1 amide bonds. The van der Waals surface area contributed by atoms with E-state index in [1.165, 1.54) is 11.8 Å². The number of carbonyl (C=O) groups excluding carboxylic acids is 1. The van der Waals surface area contributed by atoms with Crippen LogP contribution in [0.1, 0.15) is 11.1 Å². The Morgan fingerprint density at radius 2 is 2.04 bits per heavy atom. The van der Waals surface area contributed by atoms with E-state index in [1.54, 1.807) is 0 Å². The summed E-state index contributed by atoms with van der Waals surface area (Å²) in [5.74, 6) is 2.55. The molecule has 1 aliphatic heterocycles. The van der Waals surface area contributed by atoms with Crippen molar-refractivity contribution in [2.24, 2.45) is 0 Å². The zero-order valence-electron chi connectivity index (χ0n) is 12.6. The van der Waals surface area contributed by atoms with E-state index in [2.05, 4.69) is 5.32 Å². The smallest absolute Gasteiger partial charge is 0.234 e. The van der Waals surface area contributed by atoms with Crippen molar-refractivity contribution in [1.29, 1.82) is 0 Å². The molecule has 2 aromatic rings. The summed E-state index contributed by atoms with van der Waals surface area (Å²) in [4.78, 5) is 12.0. The molecule has 1 aliphatic rings. The fourth-order valence-corrected chi connectivity index (χ4v) is 3.26. The Labute approximate surface area is 144 Å². The van der Waals surface area contributed by atoms with Crippen LogP contribution < -0.4 is 14.8 Å². The first-order valence-corrected chi connectivity index (χ1v) is 8.67. The van der Waals surface area contributed by atoms with Gasteiger partial charge in [-0.15, -0.1) is 11.8 Å². The average Bonchev–Trinajstić information content (AvgIpc) is 2.98. The number of nitrogens with one attached hydrogen (secondary N) is 1. The van der Waals surface area contributed by atoms with E-state index in [0.29, 0.717) is 16.5 Å². The van der Waals surface area contributed by atoms with Gasteiger partial charge in [0.05, 0.1) is 16.5 Å². The van der Waals surface area contributed by atoms with Gasteiger partial charge in [-0.2, -0.15) is 0 Å². The maximum atomic E-state index is 12.0. The normalized spacial score (nSPS) is 12.3. The lowest BCUT2D eigenvalue weighted by molar-refractivity contribution is -0.113. The molecule has 0 spiro atoms. The number of amides is 1. The highest BCUT2D eigenvalue weighted by Crippen LogP contribution is 2.33. The van der Waals surface area contributed by atoms with Gasteiger partial charge in [-0.1, -0.05) is 23.7 Å². The maximum absolute atomic E-state index is 12.0. The molecule has 0 bridgehead atoms. The van der Waals surface area contributed by atoms with E-state index >= 15 is 0 Å². The number of benzene rings is 2. The largest absolute Gasteiger partial charge is 0.454 e. The predicted octanol–water partition coefficient (Wildman–Crippen LogP) is 4.25. The SMILES string of the molecule is Cc1ccc(NC(=O)CSCc2ccc3c(c2)OCO3)c(Cl)c1. The fraction of sp³-hybridized carbons (Fsp3) is 0.235. The number of hydrogen-bond donors (Lipinski definition) is 1. The molecule has 3 rings (SSSR count). The molecule has 0 unspecified atom stereocenters. The zero-order valence-corrected chi connectivity index (χ0v) is 14.2. The van der Waals surface area contributed by atoms with Crippen LogP contribution in [0.4, 0.5) is 5.69 Å². The monoisotopic (exact) mass is 349 g/mol. The molecule has 0 aliphatic carbocycles. The van der Waals surface area contributed by atoms with Crippen molar-refractivity contribution in [1.82, 2.24) is 0 Å². The Morgan fingerprint density at radius 1 is 1.22 bits per heavy atom. The molecule has 0 saturated heterocycles. The fourth-order valence-electron chi connectivity index (χ4n) is 2.20. The van der Waals surface area contributed by atoms with Crippen LogP contribution in [0.2, 0.25) is 5.02 Å². The third kappa shape index (κ3) is 4.12. The van der Waals surface area contributed by atoms with Gasteiger partial charge < -0.3 is 14.8 Å². The minimum atomic E-state index is -0.0681. The summed E-state index contributed by atoms with van der Waals surface area (Å²) in [5, 5.41) is 3.38. The highest BCUT2D eigenvalue weighted by Gasteiger charge is 2.13. The molecule has 6 heteroatoms. The number of hydrogen-bond acceptors (Lipinski definition) is 4. The Morgan fingerprint density at radius 3 is 2.87 bits per heavy atom. The van der Waals surface area contributed by atoms with Crippen LogP contribution in [0, 0.1) is 6.92 Å². The summed E-state index contributed by atoms with van der Waals surface area (Å²) in [6, 6.07) is 11.4. The van der Waals surface area contributed by atoms with Crippen molar-refractivity contribution < 1.29 is 14.3 Å². The van der Waals surface area contributed by atoms with Gasteiger partial charge in [0.15, 0.2) is 11.5 Å². The second-order valence-corrected chi connectivity index (χ2v) is 6.60. The van der Waals surface area contributed by atoms with Crippen molar-refractivity contribution in [3.05, 3.63) is 52.5 Å². The lowest BCUT2D eigenvalue weighted by Gasteiger charge is -2.08. The predicted molar refractivity (Wildman–Crippen MR) is 93.5 cm³/mol. The lowest BCUT2D eigenvalue weighted by atomic mass is 10.2. The van der Waals surface area contributed by atoms with E-state index in [1.807, 2.05) is 43.3 Å².